The minimum Gasteiger partial charge on any atom is -0.379 e. The highest BCUT2D eigenvalue weighted by atomic mass is 16.5. The van der Waals surface area contributed by atoms with E-state index in [0.717, 1.165) is 32.5 Å². The smallest absolute Gasteiger partial charge is 0.125 e. The summed E-state index contributed by atoms with van der Waals surface area (Å²) < 4.78 is 5.36. The maximum absolute atomic E-state index is 10.8. The quantitative estimate of drug-likeness (QED) is 0.573. The Morgan fingerprint density at radius 1 is 1.14 bits per heavy atom. The lowest BCUT2D eigenvalue weighted by Gasteiger charge is -2.33. The number of nitrogens with zero attached hydrogens (tertiary/aromatic N) is 2. The second kappa shape index (κ2) is 5.44. The molecule has 14 heavy (non-hydrogen) atoms. The van der Waals surface area contributed by atoms with Crippen LogP contribution in [0.3, 0.4) is 0 Å². The van der Waals surface area contributed by atoms with Gasteiger partial charge in [0.25, 0.3) is 0 Å². The normalized spacial score (nSPS) is 32.2. The van der Waals surface area contributed by atoms with Crippen LogP contribution in [0.2, 0.25) is 0 Å². The number of hydrogen-bond donors (Lipinski definition) is 0. The lowest BCUT2D eigenvalue weighted by molar-refractivity contribution is -0.113. The average Bonchev–Trinajstić information content (AvgIpc) is 2.13. The molecule has 1 saturated heterocycles. The molecule has 4 nitrogen and oxygen atoms in total. The minimum absolute atomic E-state index is 0.128. The summed E-state index contributed by atoms with van der Waals surface area (Å²) in [6.07, 6.45) is 1.30. The Bertz CT molecular complexity index is 173. The molecule has 0 atom stereocenters. The maximum Gasteiger partial charge on any atom is 0.125 e. The van der Waals surface area contributed by atoms with Gasteiger partial charge < -0.3 is 19.3 Å². The molecule has 0 spiro atoms. The Balaban J connectivity index is 2.55. The summed E-state index contributed by atoms with van der Waals surface area (Å²) in [7, 11) is 5.81. The lowest BCUT2D eigenvalue weighted by atomic mass is 10.1. The van der Waals surface area contributed by atoms with Crippen LogP contribution in [-0.4, -0.2) is 69.6 Å². The predicted molar refractivity (Wildman–Crippen MR) is 55.3 cm³/mol. The molecular weight excluding hydrogens is 180 g/mol. The molecule has 1 aliphatic heterocycles. The molecule has 1 fully saturated rings. The van der Waals surface area contributed by atoms with Crippen molar-refractivity contribution in [3.05, 3.63) is 0 Å². The van der Waals surface area contributed by atoms with Gasteiger partial charge in [0.15, 0.2) is 0 Å². The van der Waals surface area contributed by atoms with Gasteiger partial charge in [0.05, 0.1) is 6.10 Å². The fraction of sp³-hybridized carbons (Fsp3) is 0.900. The van der Waals surface area contributed by atoms with Crippen LogP contribution in [0.15, 0.2) is 0 Å². The molecular formula is C10H20N2O2. The highest BCUT2D eigenvalue weighted by Crippen LogP contribution is 2.07. The Morgan fingerprint density at radius 2 is 1.64 bits per heavy atom. The van der Waals surface area contributed by atoms with Crippen LogP contribution in [0.5, 0.6) is 0 Å². The number of methoxy groups -OCH3 is 1. The predicted octanol–water partition coefficient (Wildman–Crippen LogP) is -0.306. The van der Waals surface area contributed by atoms with Gasteiger partial charge in [0.2, 0.25) is 0 Å². The molecule has 0 bridgehead atoms. The molecule has 0 aromatic carbocycles. The van der Waals surface area contributed by atoms with Crippen LogP contribution in [0.1, 0.15) is 0 Å². The van der Waals surface area contributed by atoms with Crippen molar-refractivity contribution in [2.75, 3.05) is 47.4 Å². The van der Waals surface area contributed by atoms with Crippen molar-refractivity contribution >= 4 is 6.29 Å². The standard InChI is InChI=1S/C10H20N2O2/c1-11-4-9(8-13)5-12(2)7-10(6-11)14-3/h8-10H,4-7H2,1-3H3. The molecule has 0 amide bonds. The summed E-state index contributed by atoms with van der Waals surface area (Å²) in [4.78, 5) is 15.1. The van der Waals surface area contributed by atoms with Crippen molar-refractivity contribution in [3.63, 3.8) is 0 Å². The number of carbonyl (C=O) groups excluding carboxylic acids is 1. The molecule has 4 heteroatoms. The second-order valence-electron chi connectivity index (χ2n) is 4.20. The maximum atomic E-state index is 10.8. The van der Waals surface area contributed by atoms with Gasteiger partial charge in [-0.15, -0.1) is 0 Å². The topological polar surface area (TPSA) is 32.8 Å². The fourth-order valence-corrected chi connectivity index (χ4v) is 2.00. The summed E-state index contributed by atoms with van der Waals surface area (Å²) >= 11 is 0. The van der Waals surface area contributed by atoms with E-state index >= 15 is 0 Å². The molecule has 0 N–H and O–H groups in total. The fourth-order valence-electron chi connectivity index (χ4n) is 2.00. The zero-order chi connectivity index (χ0) is 10.6. The van der Waals surface area contributed by atoms with Gasteiger partial charge in [-0.3, -0.25) is 0 Å². The second-order valence-corrected chi connectivity index (χ2v) is 4.20. The Hall–Kier alpha value is -0.450. The summed E-state index contributed by atoms with van der Waals surface area (Å²) in [5.41, 5.74) is 0. The number of rotatable bonds is 2. The largest absolute Gasteiger partial charge is 0.379 e. The van der Waals surface area contributed by atoms with Gasteiger partial charge in [0.1, 0.15) is 6.29 Å². The van der Waals surface area contributed by atoms with Crippen LogP contribution >= 0.6 is 0 Å². The molecule has 0 saturated carbocycles. The summed E-state index contributed by atoms with van der Waals surface area (Å²) in [5, 5.41) is 0. The molecule has 1 heterocycles. The highest BCUT2D eigenvalue weighted by Gasteiger charge is 2.21. The van der Waals surface area contributed by atoms with E-state index < -0.39 is 0 Å². The Labute approximate surface area is 85.8 Å². The van der Waals surface area contributed by atoms with Gasteiger partial charge in [-0.1, -0.05) is 0 Å². The molecule has 0 aromatic rings. The van der Waals surface area contributed by atoms with Crippen LogP contribution in [-0.2, 0) is 9.53 Å². The summed E-state index contributed by atoms with van der Waals surface area (Å²) in [5.74, 6) is 0.128. The minimum atomic E-state index is 0.128. The zero-order valence-electron chi connectivity index (χ0n) is 9.27. The average molecular weight is 200 g/mol. The third-order valence-electron chi connectivity index (χ3n) is 2.65. The first-order chi connectivity index (χ1) is 6.65. The van der Waals surface area contributed by atoms with E-state index in [1.54, 1.807) is 7.11 Å². The van der Waals surface area contributed by atoms with E-state index in [0.29, 0.717) is 0 Å². The molecule has 0 aromatic heterocycles. The first-order valence-corrected chi connectivity index (χ1v) is 5.01. The molecule has 82 valence electrons. The van der Waals surface area contributed by atoms with E-state index in [9.17, 15) is 4.79 Å². The van der Waals surface area contributed by atoms with Crippen LogP contribution in [0.4, 0.5) is 0 Å². The zero-order valence-corrected chi connectivity index (χ0v) is 9.27. The SMILES string of the molecule is COC1CN(C)CC(C=O)CN(C)C1. The Kier molecular flexibility index (Phi) is 4.51. The Morgan fingerprint density at radius 3 is 2.00 bits per heavy atom. The third-order valence-corrected chi connectivity index (χ3v) is 2.65. The molecule has 0 unspecified atom stereocenters. The molecule has 0 aliphatic carbocycles. The van der Waals surface area contributed by atoms with Crippen molar-refractivity contribution in [2.24, 2.45) is 5.92 Å². The monoisotopic (exact) mass is 200 g/mol. The van der Waals surface area contributed by atoms with Crippen molar-refractivity contribution in [1.82, 2.24) is 9.80 Å². The van der Waals surface area contributed by atoms with E-state index in [4.69, 9.17) is 4.74 Å². The number of likely N-dealkylation sites (N-methyl/N-ethyl adjacent to an activating group) is 2. The number of aldehydes is 1. The van der Waals surface area contributed by atoms with Crippen molar-refractivity contribution < 1.29 is 9.53 Å². The summed E-state index contributed by atoms with van der Waals surface area (Å²) in [6.45, 7) is 3.44. The molecule has 1 rings (SSSR count). The first kappa shape index (κ1) is 11.6. The molecule has 0 radical (unpaired) electrons. The number of ether oxygens (including phenoxy) is 1. The van der Waals surface area contributed by atoms with Crippen LogP contribution in [0.25, 0.3) is 0 Å². The molecule has 1 aliphatic rings. The summed E-state index contributed by atoms with van der Waals surface area (Å²) in [6, 6.07) is 0. The highest BCUT2D eigenvalue weighted by molar-refractivity contribution is 5.54. The van der Waals surface area contributed by atoms with Gasteiger partial charge in [-0.2, -0.15) is 0 Å². The van der Waals surface area contributed by atoms with Gasteiger partial charge in [-0.05, 0) is 14.1 Å². The van der Waals surface area contributed by atoms with Gasteiger partial charge in [-0.25, -0.2) is 0 Å². The lowest BCUT2D eigenvalue weighted by Crippen LogP contribution is -2.46. The van der Waals surface area contributed by atoms with Crippen LogP contribution in [0, 0.1) is 5.92 Å². The van der Waals surface area contributed by atoms with E-state index in [2.05, 4.69) is 9.80 Å². The first-order valence-electron chi connectivity index (χ1n) is 5.01. The van der Waals surface area contributed by atoms with E-state index in [1.807, 2.05) is 14.1 Å². The third kappa shape index (κ3) is 3.36. The van der Waals surface area contributed by atoms with Crippen molar-refractivity contribution in [1.29, 1.82) is 0 Å². The number of hydrogen-bond acceptors (Lipinski definition) is 4. The van der Waals surface area contributed by atoms with Gasteiger partial charge >= 0.3 is 0 Å². The van der Waals surface area contributed by atoms with Crippen LogP contribution < -0.4 is 0 Å². The van der Waals surface area contributed by atoms with Crippen molar-refractivity contribution in [2.45, 2.75) is 6.10 Å². The van der Waals surface area contributed by atoms with E-state index in [-0.39, 0.29) is 12.0 Å². The van der Waals surface area contributed by atoms with Crippen molar-refractivity contribution in [3.8, 4) is 0 Å². The number of carbonyl (C=O) groups is 1. The van der Waals surface area contributed by atoms with E-state index in [1.165, 1.54) is 0 Å². The van der Waals surface area contributed by atoms with Gasteiger partial charge in [0, 0.05) is 39.2 Å².